The van der Waals surface area contributed by atoms with Gasteiger partial charge in [-0.15, -0.1) is 0 Å². The molecule has 2 aromatic heterocycles. The predicted molar refractivity (Wildman–Crippen MR) is 143 cm³/mol. The molecule has 0 saturated carbocycles. The van der Waals surface area contributed by atoms with E-state index >= 15 is 0 Å². The second-order valence-corrected chi connectivity index (χ2v) is 8.70. The van der Waals surface area contributed by atoms with Crippen LogP contribution in [0.1, 0.15) is 0 Å². The largest absolute Gasteiger partial charge is 0.264 e. The Labute approximate surface area is 197 Å². The summed E-state index contributed by atoms with van der Waals surface area (Å²) in [6.45, 7) is 0. The molecule has 0 saturated heterocycles. The molecule has 34 heavy (non-hydrogen) atoms. The van der Waals surface area contributed by atoms with Gasteiger partial charge in [-0.25, -0.2) is 4.98 Å². The number of nitrogens with zero attached hydrogens (tertiary/aromatic N) is 2. The van der Waals surface area contributed by atoms with Crippen molar-refractivity contribution in [1.82, 2.24) is 9.97 Å². The number of pyridine rings is 2. The van der Waals surface area contributed by atoms with Crippen molar-refractivity contribution in [3.63, 3.8) is 0 Å². The average molecular weight is 433 g/mol. The lowest BCUT2D eigenvalue weighted by atomic mass is 9.92. The Morgan fingerprint density at radius 3 is 2.12 bits per heavy atom. The lowest BCUT2D eigenvalue weighted by Gasteiger charge is -2.12. The van der Waals surface area contributed by atoms with E-state index < -0.39 is 0 Å². The van der Waals surface area contributed by atoms with Gasteiger partial charge < -0.3 is 0 Å². The molecular formula is C32H20N2. The highest BCUT2D eigenvalue weighted by Gasteiger charge is 2.10. The van der Waals surface area contributed by atoms with Crippen LogP contribution in [0.3, 0.4) is 0 Å². The number of para-hydroxylation sites is 1. The highest BCUT2D eigenvalue weighted by atomic mass is 14.7. The van der Waals surface area contributed by atoms with Gasteiger partial charge in [0, 0.05) is 28.7 Å². The van der Waals surface area contributed by atoms with E-state index in [0.717, 1.165) is 22.2 Å². The van der Waals surface area contributed by atoms with Gasteiger partial charge in [0.1, 0.15) is 0 Å². The van der Waals surface area contributed by atoms with Crippen molar-refractivity contribution in [2.45, 2.75) is 0 Å². The van der Waals surface area contributed by atoms with Crippen molar-refractivity contribution in [2.75, 3.05) is 0 Å². The number of hydrogen-bond acceptors (Lipinski definition) is 2. The minimum atomic E-state index is 0.991. The summed E-state index contributed by atoms with van der Waals surface area (Å²) in [5.74, 6) is 0. The first kappa shape index (κ1) is 19.0. The van der Waals surface area contributed by atoms with E-state index in [-0.39, 0.29) is 0 Å². The molecule has 0 aliphatic carbocycles. The molecule has 7 rings (SSSR count). The zero-order chi connectivity index (χ0) is 22.5. The zero-order valence-electron chi connectivity index (χ0n) is 18.4. The smallest absolute Gasteiger partial charge is 0.0709 e. The molecule has 2 heterocycles. The summed E-state index contributed by atoms with van der Waals surface area (Å²) in [4.78, 5) is 9.29. The van der Waals surface area contributed by atoms with Gasteiger partial charge in [0.05, 0.1) is 11.2 Å². The van der Waals surface area contributed by atoms with E-state index in [1.54, 1.807) is 0 Å². The number of hydrogen-bond donors (Lipinski definition) is 0. The standard InChI is InChI=1S/C32H20N2/c1-4-11-31-21(6-1)13-15-32(34-31)24-8-5-7-22(18-24)23-12-14-27-28-16-17-33-20-30(28)26-10-3-2-9-25(26)29(27)19-23/h1-20H. The summed E-state index contributed by atoms with van der Waals surface area (Å²) in [5.41, 5.74) is 5.52. The lowest BCUT2D eigenvalue weighted by Crippen LogP contribution is -1.88. The third-order valence-corrected chi connectivity index (χ3v) is 6.73. The van der Waals surface area contributed by atoms with Crippen LogP contribution in [0.15, 0.2) is 122 Å². The normalized spacial score (nSPS) is 11.5. The first-order chi connectivity index (χ1) is 16.8. The van der Waals surface area contributed by atoms with Gasteiger partial charge in [-0.3, -0.25) is 4.98 Å². The van der Waals surface area contributed by atoms with Crippen LogP contribution in [0.5, 0.6) is 0 Å². The summed E-state index contributed by atoms with van der Waals surface area (Å²) in [6.07, 6.45) is 3.86. The van der Waals surface area contributed by atoms with E-state index in [4.69, 9.17) is 4.98 Å². The molecule has 7 aromatic rings. The van der Waals surface area contributed by atoms with E-state index in [1.165, 1.54) is 43.4 Å². The van der Waals surface area contributed by atoms with Gasteiger partial charge in [0.15, 0.2) is 0 Å². The zero-order valence-corrected chi connectivity index (χ0v) is 18.4. The molecule has 0 spiro atoms. The van der Waals surface area contributed by atoms with E-state index in [9.17, 15) is 0 Å². The topological polar surface area (TPSA) is 25.8 Å². The fraction of sp³-hybridized carbons (Fsp3) is 0. The van der Waals surface area contributed by atoms with Crippen LogP contribution in [0, 0.1) is 0 Å². The third kappa shape index (κ3) is 2.96. The minimum absolute atomic E-state index is 0.991. The van der Waals surface area contributed by atoms with Gasteiger partial charge in [0.25, 0.3) is 0 Å². The Morgan fingerprint density at radius 1 is 0.441 bits per heavy atom. The Morgan fingerprint density at radius 2 is 1.18 bits per heavy atom. The van der Waals surface area contributed by atoms with Crippen LogP contribution in [0.25, 0.3) is 65.6 Å². The van der Waals surface area contributed by atoms with Gasteiger partial charge in [-0.05, 0) is 68.4 Å². The SMILES string of the molecule is c1cc(-c2ccc3c4ccncc4c4ccccc4c3c2)cc(-c2ccc3ccccc3n2)c1. The first-order valence-corrected chi connectivity index (χ1v) is 11.5. The molecule has 0 aliphatic rings. The highest BCUT2D eigenvalue weighted by Crippen LogP contribution is 2.37. The molecule has 2 nitrogen and oxygen atoms in total. The maximum Gasteiger partial charge on any atom is 0.0709 e. The average Bonchev–Trinajstić information content (AvgIpc) is 2.93. The fourth-order valence-electron chi connectivity index (χ4n) is 5.06. The van der Waals surface area contributed by atoms with Gasteiger partial charge in [-0.2, -0.15) is 0 Å². The molecule has 0 bridgehead atoms. The lowest BCUT2D eigenvalue weighted by molar-refractivity contribution is 1.37. The molecule has 0 radical (unpaired) electrons. The first-order valence-electron chi connectivity index (χ1n) is 11.5. The van der Waals surface area contributed by atoms with Crippen molar-refractivity contribution >= 4 is 43.2 Å². The van der Waals surface area contributed by atoms with Crippen LogP contribution < -0.4 is 0 Å². The third-order valence-electron chi connectivity index (χ3n) is 6.73. The Hall–Kier alpha value is -4.56. The van der Waals surface area contributed by atoms with Crippen molar-refractivity contribution < 1.29 is 0 Å². The summed E-state index contributed by atoms with van der Waals surface area (Å²) in [7, 11) is 0. The number of benzene rings is 5. The van der Waals surface area contributed by atoms with Crippen LogP contribution in [0.2, 0.25) is 0 Å². The van der Waals surface area contributed by atoms with Crippen molar-refractivity contribution in [3.8, 4) is 22.4 Å². The number of rotatable bonds is 2. The monoisotopic (exact) mass is 432 g/mol. The molecule has 0 atom stereocenters. The van der Waals surface area contributed by atoms with Crippen LogP contribution in [-0.4, -0.2) is 9.97 Å². The molecule has 0 unspecified atom stereocenters. The number of fused-ring (bicyclic) bond motifs is 7. The summed E-state index contributed by atoms with van der Waals surface area (Å²) in [6, 6.07) is 38.7. The molecule has 0 fully saturated rings. The molecule has 5 aromatic carbocycles. The molecule has 0 N–H and O–H groups in total. The quantitative estimate of drug-likeness (QED) is 0.256. The fourth-order valence-corrected chi connectivity index (χ4v) is 5.06. The van der Waals surface area contributed by atoms with Crippen LogP contribution >= 0.6 is 0 Å². The second-order valence-electron chi connectivity index (χ2n) is 8.70. The number of aromatic nitrogens is 2. The van der Waals surface area contributed by atoms with Crippen LogP contribution in [-0.2, 0) is 0 Å². The van der Waals surface area contributed by atoms with Gasteiger partial charge in [0.2, 0.25) is 0 Å². The second kappa shape index (κ2) is 7.50. The Bertz CT molecular complexity index is 1830. The predicted octanol–water partition coefficient (Wildman–Crippen LogP) is 8.42. The maximum absolute atomic E-state index is 4.90. The summed E-state index contributed by atoms with van der Waals surface area (Å²) in [5, 5.41) is 8.61. The summed E-state index contributed by atoms with van der Waals surface area (Å²) >= 11 is 0. The van der Waals surface area contributed by atoms with Crippen LogP contribution in [0.4, 0.5) is 0 Å². The Kier molecular flexibility index (Phi) is 4.18. The van der Waals surface area contributed by atoms with Crippen molar-refractivity contribution in [2.24, 2.45) is 0 Å². The molecule has 0 aliphatic heterocycles. The summed E-state index contributed by atoms with van der Waals surface area (Å²) < 4.78 is 0. The Balaban J connectivity index is 1.42. The molecule has 0 amide bonds. The molecule has 158 valence electrons. The van der Waals surface area contributed by atoms with Gasteiger partial charge >= 0.3 is 0 Å². The van der Waals surface area contributed by atoms with Gasteiger partial charge in [-0.1, -0.05) is 78.9 Å². The molecular weight excluding hydrogens is 412 g/mol. The van der Waals surface area contributed by atoms with E-state index in [1.807, 2.05) is 24.5 Å². The minimum Gasteiger partial charge on any atom is -0.264 e. The van der Waals surface area contributed by atoms with Crippen molar-refractivity contribution in [1.29, 1.82) is 0 Å². The van der Waals surface area contributed by atoms with E-state index in [2.05, 4.69) is 102 Å². The maximum atomic E-state index is 4.90. The molecule has 2 heteroatoms. The van der Waals surface area contributed by atoms with E-state index in [0.29, 0.717) is 0 Å². The van der Waals surface area contributed by atoms with Crippen molar-refractivity contribution in [3.05, 3.63) is 122 Å². The highest BCUT2D eigenvalue weighted by molar-refractivity contribution is 6.25.